The van der Waals surface area contributed by atoms with Crippen molar-refractivity contribution in [3.8, 4) is 0 Å². The molecular weight excluding hydrogens is 356 g/mol. The number of halogens is 3. The number of fused-ring (bicyclic) bond motifs is 1. The van der Waals surface area contributed by atoms with Gasteiger partial charge in [0.05, 0.1) is 10.5 Å². The van der Waals surface area contributed by atoms with Gasteiger partial charge in [0.1, 0.15) is 0 Å². The second-order valence-electron chi connectivity index (χ2n) is 3.97. The van der Waals surface area contributed by atoms with Crippen LogP contribution in [0.2, 0.25) is 10.0 Å². The molecule has 0 aliphatic carbocycles. The number of nitrogens with zero attached hydrogens (tertiary/aromatic N) is 1. The Hall–Kier alpha value is -0.0600. The molecule has 2 aromatic rings. The van der Waals surface area contributed by atoms with Crippen molar-refractivity contribution < 1.29 is 0 Å². The number of aromatic nitrogens is 1. The summed E-state index contributed by atoms with van der Waals surface area (Å²) in [4.78, 5) is 4.63. The molecule has 0 radical (unpaired) electrons. The molecule has 1 heterocycles. The quantitative estimate of drug-likeness (QED) is 0.627. The normalized spacial score (nSPS) is 11.4. The lowest BCUT2D eigenvalue weighted by atomic mass is 10.1. The highest BCUT2D eigenvalue weighted by Gasteiger charge is 2.10. The SMILES string of the molecule is CC(C)c1cc(Cl)c2cc(Cl)cc(I)c2n1. The van der Waals surface area contributed by atoms with E-state index in [4.69, 9.17) is 23.2 Å². The molecule has 0 fully saturated rings. The fourth-order valence-electron chi connectivity index (χ4n) is 1.53. The molecule has 1 nitrogen and oxygen atoms in total. The molecule has 0 spiro atoms. The van der Waals surface area contributed by atoms with Crippen molar-refractivity contribution in [3.05, 3.63) is 37.5 Å². The van der Waals surface area contributed by atoms with Gasteiger partial charge in [-0.1, -0.05) is 37.0 Å². The van der Waals surface area contributed by atoms with Crippen LogP contribution in [-0.4, -0.2) is 4.98 Å². The second kappa shape index (κ2) is 4.67. The number of hydrogen-bond donors (Lipinski definition) is 0. The van der Waals surface area contributed by atoms with E-state index in [1.54, 1.807) is 0 Å². The highest BCUT2D eigenvalue weighted by Crippen LogP contribution is 2.31. The zero-order valence-electron chi connectivity index (χ0n) is 8.89. The third kappa shape index (κ3) is 2.29. The van der Waals surface area contributed by atoms with Crippen LogP contribution in [0.5, 0.6) is 0 Å². The van der Waals surface area contributed by atoms with Crippen molar-refractivity contribution in [3.63, 3.8) is 0 Å². The van der Waals surface area contributed by atoms with E-state index in [1.165, 1.54) is 0 Å². The van der Waals surface area contributed by atoms with E-state index >= 15 is 0 Å². The summed E-state index contributed by atoms with van der Waals surface area (Å²) in [7, 11) is 0. The molecule has 0 saturated carbocycles. The predicted molar refractivity (Wildman–Crippen MR) is 78.6 cm³/mol. The molecule has 2 rings (SSSR count). The largest absolute Gasteiger partial charge is 0.251 e. The van der Waals surface area contributed by atoms with E-state index < -0.39 is 0 Å². The summed E-state index contributed by atoms with van der Waals surface area (Å²) in [5.74, 6) is 0.369. The number of pyridine rings is 1. The van der Waals surface area contributed by atoms with Gasteiger partial charge in [-0.25, -0.2) is 0 Å². The monoisotopic (exact) mass is 365 g/mol. The van der Waals surface area contributed by atoms with Crippen molar-refractivity contribution in [2.45, 2.75) is 19.8 Å². The number of benzene rings is 1. The minimum absolute atomic E-state index is 0.369. The van der Waals surface area contributed by atoms with E-state index in [0.29, 0.717) is 16.0 Å². The summed E-state index contributed by atoms with van der Waals surface area (Å²) in [6.07, 6.45) is 0. The first-order valence-electron chi connectivity index (χ1n) is 4.94. The summed E-state index contributed by atoms with van der Waals surface area (Å²) >= 11 is 14.5. The molecule has 0 bridgehead atoms. The Balaban J connectivity index is 2.82. The van der Waals surface area contributed by atoms with Crippen LogP contribution in [0.3, 0.4) is 0 Å². The Morgan fingerprint density at radius 1 is 1.19 bits per heavy atom. The van der Waals surface area contributed by atoms with Crippen LogP contribution in [0.4, 0.5) is 0 Å². The van der Waals surface area contributed by atoms with Gasteiger partial charge in [-0.3, -0.25) is 4.98 Å². The summed E-state index contributed by atoms with van der Waals surface area (Å²) in [6.45, 7) is 4.21. The van der Waals surface area contributed by atoms with E-state index in [1.807, 2.05) is 18.2 Å². The molecule has 4 heteroatoms. The maximum Gasteiger partial charge on any atom is 0.0854 e. The summed E-state index contributed by atoms with van der Waals surface area (Å²) in [5, 5.41) is 2.33. The summed E-state index contributed by atoms with van der Waals surface area (Å²) in [6, 6.07) is 5.68. The standard InChI is InChI=1S/C12H10Cl2IN/c1-6(2)11-5-9(14)8-3-7(13)4-10(15)12(8)16-11/h3-6H,1-2H3. The fraction of sp³-hybridized carbons (Fsp3) is 0.250. The lowest BCUT2D eigenvalue weighted by Gasteiger charge is -2.09. The number of hydrogen-bond acceptors (Lipinski definition) is 1. The van der Waals surface area contributed by atoms with Crippen LogP contribution >= 0.6 is 45.8 Å². The average Bonchev–Trinajstić information content (AvgIpc) is 2.19. The van der Waals surface area contributed by atoms with Crippen molar-refractivity contribution in [1.29, 1.82) is 0 Å². The maximum absolute atomic E-state index is 6.25. The minimum Gasteiger partial charge on any atom is -0.251 e. The van der Waals surface area contributed by atoms with Gasteiger partial charge < -0.3 is 0 Å². The van der Waals surface area contributed by atoms with Crippen LogP contribution in [0, 0.1) is 3.57 Å². The molecule has 0 saturated heterocycles. The minimum atomic E-state index is 0.369. The van der Waals surface area contributed by atoms with Crippen LogP contribution in [0.25, 0.3) is 10.9 Å². The van der Waals surface area contributed by atoms with Gasteiger partial charge in [-0.15, -0.1) is 0 Å². The summed E-state index contributed by atoms with van der Waals surface area (Å²) in [5.41, 5.74) is 1.94. The molecule has 84 valence electrons. The van der Waals surface area contributed by atoms with Gasteiger partial charge in [0.15, 0.2) is 0 Å². The van der Waals surface area contributed by atoms with Crippen molar-refractivity contribution in [2.24, 2.45) is 0 Å². The zero-order valence-corrected chi connectivity index (χ0v) is 12.6. The van der Waals surface area contributed by atoms with Crippen LogP contribution in [0.1, 0.15) is 25.5 Å². The smallest absolute Gasteiger partial charge is 0.0854 e. The van der Waals surface area contributed by atoms with E-state index in [9.17, 15) is 0 Å². The second-order valence-corrected chi connectivity index (χ2v) is 5.97. The van der Waals surface area contributed by atoms with Gasteiger partial charge in [0, 0.05) is 19.7 Å². The lowest BCUT2D eigenvalue weighted by molar-refractivity contribution is 0.830. The molecule has 0 unspecified atom stereocenters. The highest BCUT2D eigenvalue weighted by molar-refractivity contribution is 14.1. The van der Waals surface area contributed by atoms with Crippen LogP contribution < -0.4 is 0 Å². The molecule has 1 aromatic heterocycles. The van der Waals surface area contributed by atoms with Gasteiger partial charge in [0.25, 0.3) is 0 Å². The Morgan fingerprint density at radius 3 is 2.50 bits per heavy atom. The van der Waals surface area contributed by atoms with Crippen molar-refractivity contribution in [1.82, 2.24) is 4.98 Å². The fourth-order valence-corrected chi connectivity index (χ4v) is 2.93. The lowest BCUT2D eigenvalue weighted by Crippen LogP contribution is -1.95. The van der Waals surface area contributed by atoms with E-state index in [2.05, 4.69) is 41.4 Å². The molecule has 0 aliphatic rings. The first-order valence-corrected chi connectivity index (χ1v) is 6.77. The van der Waals surface area contributed by atoms with Gasteiger partial charge in [0.2, 0.25) is 0 Å². The van der Waals surface area contributed by atoms with Crippen molar-refractivity contribution in [2.75, 3.05) is 0 Å². The zero-order chi connectivity index (χ0) is 11.9. The molecule has 0 aliphatic heterocycles. The van der Waals surface area contributed by atoms with E-state index in [-0.39, 0.29) is 0 Å². The first-order chi connectivity index (χ1) is 7.49. The molecule has 0 atom stereocenters. The highest BCUT2D eigenvalue weighted by atomic mass is 127. The summed E-state index contributed by atoms with van der Waals surface area (Å²) < 4.78 is 1.03. The van der Waals surface area contributed by atoms with Gasteiger partial charge in [-0.2, -0.15) is 0 Å². The average molecular weight is 366 g/mol. The molecule has 1 aromatic carbocycles. The Morgan fingerprint density at radius 2 is 1.88 bits per heavy atom. The molecule has 0 N–H and O–H groups in total. The predicted octanol–water partition coefficient (Wildman–Crippen LogP) is 5.27. The molecule has 16 heavy (non-hydrogen) atoms. The Labute approximate surface area is 118 Å². The van der Waals surface area contributed by atoms with Crippen LogP contribution in [-0.2, 0) is 0 Å². The third-order valence-electron chi connectivity index (χ3n) is 2.39. The number of rotatable bonds is 1. The topological polar surface area (TPSA) is 12.9 Å². The molecular formula is C12H10Cl2IN. The Kier molecular flexibility index (Phi) is 3.62. The third-order valence-corrected chi connectivity index (χ3v) is 3.75. The Bertz CT molecular complexity index is 552. The van der Waals surface area contributed by atoms with Gasteiger partial charge >= 0.3 is 0 Å². The molecule has 0 amide bonds. The maximum atomic E-state index is 6.25. The van der Waals surface area contributed by atoms with Crippen LogP contribution in [0.15, 0.2) is 18.2 Å². The first kappa shape index (κ1) is 12.4. The van der Waals surface area contributed by atoms with E-state index in [0.717, 1.165) is 20.2 Å². The van der Waals surface area contributed by atoms with Crippen molar-refractivity contribution >= 4 is 56.7 Å². The van der Waals surface area contributed by atoms with Gasteiger partial charge in [-0.05, 0) is 46.7 Å².